The van der Waals surface area contributed by atoms with Gasteiger partial charge in [-0.2, -0.15) is 0 Å². The predicted molar refractivity (Wildman–Crippen MR) is 80.1 cm³/mol. The average Bonchev–Trinajstić information content (AvgIpc) is 2.34. The molecule has 0 aliphatic carbocycles. The van der Waals surface area contributed by atoms with Gasteiger partial charge in [0.15, 0.2) is 0 Å². The van der Waals surface area contributed by atoms with Crippen molar-refractivity contribution in [3.8, 4) is 0 Å². The SMILES string of the molecule is Cc1ccc(C(C)(C)CNC(=O)CCC(C)N)cc1. The van der Waals surface area contributed by atoms with E-state index in [-0.39, 0.29) is 17.4 Å². The topological polar surface area (TPSA) is 55.1 Å². The Balaban J connectivity index is 2.50. The highest BCUT2D eigenvalue weighted by Gasteiger charge is 2.21. The Hall–Kier alpha value is -1.35. The van der Waals surface area contributed by atoms with E-state index >= 15 is 0 Å². The van der Waals surface area contributed by atoms with Gasteiger partial charge in [-0.1, -0.05) is 43.7 Å². The molecule has 1 unspecified atom stereocenters. The molecule has 0 saturated heterocycles. The molecule has 3 heteroatoms. The molecule has 0 aliphatic heterocycles. The third-order valence-electron chi connectivity index (χ3n) is 3.39. The van der Waals surface area contributed by atoms with Gasteiger partial charge in [0.1, 0.15) is 0 Å². The van der Waals surface area contributed by atoms with E-state index in [9.17, 15) is 4.79 Å². The molecule has 19 heavy (non-hydrogen) atoms. The summed E-state index contributed by atoms with van der Waals surface area (Å²) in [4.78, 5) is 11.7. The maximum Gasteiger partial charge on any atom is 0.220 e. The minimum Gasteiger partial charge on any atom is -0.355 e. The van der Waals surface area contributed by atoms with Gasteiger partial charge >= 0.3 is 0 Å². The molecule has 1 aromatic rings. The maximum atomic E-state index is 11.7. The molecule has 0 aromatic heterocycles. The first-order chi connectivity index (χ1) is 8.81. The van der Waals surface area contributed by atoms with Crippen LogP contribution in [-0.2, 0) is 10.2 Å². The summed E-state index contributed by atoms with van der Waals surface area (Å²) in [5, 5.41) is 3.00. The van der Waals surface area contributed by atoms with Gasteiger partial charge in [-0.25, -0.2) is 0 Å². The van der Waals surface area contributed by atoms with Gasteiger partial charge in [-0.3, -0.25) is 4.79 Å². The van der Waals surface area contributed by atoms with Crippen molar-refractivity contribution in [2.75, 3.05) is 6.54 Å². The zero-order valence-electron chi connectivity index (χ0n) is 12.5. The van der Waals surface area contributed by atoms with Crippen molar-refractivity contribution in [3.63, 3.8) is 0 Å². The van der Waals surface area contributed by atoms with Crippen LogP contribution in [0.25, 0.3) is 0 Å². The van der Waals surface area contributed by atoms with Crippen LogP contribution < -0.4 is 11.1 Å². The number of benzene rings is 1. The molecule has 0 fully saturated rings. The fourth-order valence-electron chi connectivity index (χ4n) is 1.87. The number of aryl methyl sites for hydroxylation is 1. The Kier molecular flexibility index (Phi) is 5.55. The van der Waals surface area contributed by atoms with Crippen LogP contribution in [0.15, 0.2) is 24.3 Å². The molecule has 1 atom stereocenters. The van der Waals surface area contributed by atoms with Crippen molar-refractivity contribution in [1.29, 1.82) is 0 Å². The number of nitrogens with one attached hydrogen (secondary N) is 1. The highest BCUT2D eigenvalue weighted by Crippen LogP contribution is 2.22. The minimum absolute atomic E-state index is 0.0578. The van der Waals surface area contributed by atoms with Crippen LogP contribution in [0.3, 0.4) is 0 Å². The van der Waals surface area contributed by atoms with Crippen LogP contribution >= 0.6 is 0 Å². The second-order valence-electron chi connectivity index (χ2n) is 6.04. The normalized spacial score (nSPS) is 13.1. The number of nitrogens with two attached hydrogens (primary N) is 1. The fraction of sp³-hybridized carbons (Fsp3) is 0.562. The van der Waals surface area contributed by atoms with Crippen LogP contribution in [0.2, 0.25) is 0 Å². The summed E-state index contributed by atoms with van der Waals surface area (Å²) in [5.41, 5.74) is 8.08. The summed E-state index contributed by atoms with van der Waals surface area (Å²) in [7, 11) is 0. The van der Waals surface area contributed by atoms with Crippen molar-refractivity contribution < 1.29 is 4.79 Å². The predicted octanol–water partition coefficient (Wildman–Crippen LogP) is 2.52. The van der Waals surface area contributed by atoms with E-state index in [2.05, 4.69) is 50.4 Å². The largest absolute Gasteiger partial charge is 0.355 e. The lowest BCUT2D eigenvalue weighted by atomic mass is 9.84. The highest BCUT2D eigenvalue weighted by molar-refractivity contribution is 5.76. The Morgan fingerprint density at radius 3 is 2.42 bits per heavy atom. The molecule has 1 rings (SSSR count). The fourth-order valence-corrected chi connectivity index (χ4v) is 1.87. The number of hydrogen-bond donors (Lipinski definition) is 2. The van der Waals surface area contributed by atoms with Crippen LogP contribution in [-0.4, -0.2) is 18.5 Å². The molecule has 0 bridgehead atoms. The van der Waals surface area contributed by atoms with E-state index in [1.165, 1.54) is 11.1 Å². The smallest absolute Gasteiger partial charge is 0.220 e. The standard InChI is InChI=1S/C16H26N2O/c1-12-5-8-14(9-6-12)16(3,4)11-18-15(19)10-7-13(2)17/h5-6,8-9,13H,7,10-11,17H2,1-4H3,(H,18,19). The lowest BCUT2D eigenvalue weighted by Crippen LogP contribution is -2.37. The average molecular weight is 262 g/mol. The van der Waals surface area contributed by atoms with Crippen LogP contribution in [0.4, 0.5) is 0 Å². The van der Waals surface area contributed by atoms with Crippen LogP contribution in [0.5, 0.6) is 0 Å². The molecule has 0 heterocycles. The summed E-state index contributed by atoms with van der Waals surface area (Å²) in [6, 6.07) is 8.55. The van der Waals surface area contributed by atoms with Crippen molar-refractivity contribution in [2.45, 2.75) is 52.0 Å². The molecule has 0 radical (unpaired) electrons. The third kappa shape index (κ3) is 5.43. The van der Waals surface area contributed by atoms with Gasteiger partial charge in [0.05, 0.1) is 0 Å². The van der Waals surface area contributed by atoms with Crippen molar-refractivity contribution in [3.05, 3.63) is 35.4 Å². The second kappa shape index (κ2) is 6.71. The lowest BCUT2D eigenvalue weighted by Gasteiger charge is -2.26. The van der Waals surface area contributed by atoms with Gasteiger partial charge in [0.25, 0.3) is 0 Å². The summed E-state index contributed by atoms with van der Waals surface area (Å²) in [6.45, 7) is 8.93. The van der Waals surface area contributed by atoms with Crippen molar-refractivity contribution >= 4 is 5.91 Å². The molecule has 0 saturated carbocycles. The van der Waals surface area contributed by atoms with E-state index in [1.807, 2.05) is 6.92 Å². The molecule has 1 amide bonds. The molecule has 1 aromatic carbocycles. The first-order valence-corrected chi connectivity index (χ1v) is 6.91. The quantitative estimate of drug-likeness (QED) is 0.827. The zero-order valence-corrected chi connectivity index (χ0v) is 12.5. The Labute approximate surface area is 116 Å². The first-order valence-electron chi connectivity index (χ1n) is 6.91. The molecule has 3 N–H and O–H groups in total. The van der Waals surface area contributed by atoms with Gasteiger partial charge in [-0.15, -0.1) is 0 Å². The Morgan fingerprint density at radius 2 is 1.89 bits per heavy atom. The van der Waals surface area contributed by atoms with E-state index in [0.29, 0.717) is 13.0 Å². The number of amides is 1. The van der Waals surface area contributed by atoms with Gasteiger partial charge in [-0.05, 0) is 25.8 Å². The number of rotatable bonds is 6. The van der Waals surface area contributed by atoms with Crippen LogP contribution in [0.1, 0.15) is 44.7 Å². The van der Waals surface area contributed by atoms with E-state index in [0.717, 1.165) is 6.42 Å². The van der Waals surface area contributed by atoms with E-state index < -0.39 is 0 Å². The van der Waals surface area contributed by atoms with E-state index in [1.54, 1.807) is 0 Å². The molecule has 3 nitrogen and oxygen atoms in total. The third-order valence-corrected chi connectivity index (χ3v) is 3.39. The molecular weight excluding hydrogens is 236 g/mol. The molecule has 0 aliphatic rings. The molecule has 0 spiro atoms. The summed E-state index contributed by atoms with van der Waals surface area (Å²) in [5.74, 6) is 0.0810. The Morgan fingerprint density at radius 1 is 1.32 bits per heavy atom. The second-order valence-corrected chi connectivity index (χ2v) is 6.04. The Bertz CT molecular complexity index is 407. The van der Waals surface area contributed by atoms with Gasteiger partial charge in [0, 0.05) is 24.4 Å². The highest BCUT2D eigenvalue weighted by atomic mass is 16.1. The lowest BCUT2D eigenvalue weighted by molar-refractivity contribution is -0.121. The van der Waals surface area contributed by atoms with Gasteiger partial charge < -0.3 is 11.1 Å². The number of hydrogen-bond acceptors (Lipinski definition) is 2. The monoisotopic (exact) mass is 262 g/mol. The number of carbonyl (C=O) groups excluding carboxylic acids is 1. The van der Waals surface area contributed by atoms with Gasteiger partial charge in [0.2, 0.25) is 5.91 Å². The summed E-state index contributed by atoms with van der Waals surface area (Å²) in [6.07, 6.45) is 1.23. The maximum absolute atomic E-state index is 11.7. The minimum atomic E-state index is -0.0578. The summed E-state index contributed by atoms with van der Waals surface area (Å²) >= 11 is 0. The molecular formula is C16H26N2O. The zero-order chi connectivity index (χ0) is 14.5. The summed E-state index contributed by atoms with van der Waals surface area (Å²) < 4.78 is 0. The molecule has 106 valence electrons. The van der Waals surface area contributed by atoms with Crippen molar-refractivity contribution in [2.24, 2.45) is 5.73 Å². The van der Waals surface area contributed by atoms with E-state index in [4.69, 9.17) is 5.73 Å². The number of carbonyl (C=O) groups is 1. The van der Waals surface area contributed by atoms with Crippen LogP contribution in [0, 0.1) is 6.92 Å². The van der Waals surface area contributed by atoms with Crippen molar-refractivity contribution in [1.82, 2.24) is 5.32 Å². The first kappa shape index (κ1) is 15.7.